The third-order valence-electron chi connectivity index (χ3n) is 3.89. The van der Waals surface area contributed by atoms with Gasteiger partial charge in [0.15, 0.2) is 0 Å². The summed E-state index contributed by atoms with van der Waals surface area (Å²) in [5, 5.41) is 24.4. The number of aromatic amines is 1. The van der Waals surface area contributed by atoms with E-state index < -0.39 is 0 Å². The van der Waals surface area contributed by atoms with E-state index in [2.05, 4.69) is 20.6 Å². The minimum Gasteiger partial charge on any atom is -0.394 e. The quantitative estimate of drug-likeness (QED) is 0.653. The second-order valence-electron chi connectivity index (χ2n) is 5.50. The highest BCUT2D eigenvalue weighted by molar-refractivity contribution is 5.59. The van der Waals surface area contributed by atoms with Crippen LogP contribution in [0.2, 0.25) is 0 Å². The third-order valence-corrected chi connectivity index (χ3v) is 3.89. The lowest BCUT2D eigenvalue weighted by Crippen LogP contribution is -2.11. The van der Waals surface area contributed by atoms with Gasteiger partial charge in [-0.2, -0.15) is 10.2 Å². The van der Waals surface area contributed by atoms with Crippen molar-refractivity contribution in [2.75, 3.05) is 11.9 Å². The number of nitrogens with one attached hydrogen (secondary N) is 2. The smallest absolute Gasteiger partial charge is 0.127 e. The molecule has 0 saturated carbocycles. The van der Waals surface area contributed by atoms with E-state index in [4.69, 9.17) is 5.11 Å². The average molecular weight is 311 g/mol. The molecule has 1 aromatic carbocycles. The summed E-state index contributed by atoms with van der Waals surface area (Å²) in [6.07, 6.45) is 0. The van der Waals surface area contributed by atoms with Crippen LogP contribution in [0.25, 0.3) is 11.3 Å². The molecule has 0 aliphatic rings. The number of aryl methyl sites for hydroxylation is 1. The molecule has 23 heavy (non-hydrogen) atoms. The van der Waals surface area contributed by atoms with Crippen LogP contribution in [0, 0.1) is 13.8 Å². The van der Waals surface area contributed by atoms with Gasteiger partial charge in [0.05, 0.1) is 36.8 Å². The van der Waals surface area contributed by atoms with Gasteiger partial charge >= 0.3 is 0 Å². The van der Waals surface area contributed by atoms with Crippen LogP contribution < -0.4 is 5.32 Å². The first-order valence-electron chi connectivity index (χ1n) is 7.67. The Morgan fingerprint density at radius 1 is 1.22 bits per heavy atom. The van der Waals surface area contributed by atoms with Gasteiger partial charge in [0.1, 0.15) is 5.82 Å². The van der Waals surface area contributed by atoms with Gasteiger partial charge in [-0.3, -0.25) is 5.10 Å². The van der Waals surface area contributed by atoms with Crippen molar-refractivity contribution in [1.82, 2.24) is 20.0 Å². The first-order valence-corrected chi connectivity index (χ1v) is 7.67. The number of aliphatic hydroxyl groups is 1. The number of aliphatic hydroxyl groups excluding tert-OH is 1. The molecule has 3 rings (SSSR count). The Bertz CT molecular complexity index is 776. The molecule has 0 radical (unpaired) electrons. The maximum absolute atomic E-state index is 9.15. The molecular weight excluding hydrogens is 290 g/mol. The van der Waals surface area contributed by atoms with E-state index in [0.29, 0.717) is 13.1 Å². The zero-order valence-electron chi connectivity index (χ0n) is 13.4. The molecule has 0 bridgehead atoms. The molecule has 0 unspecified atom stereocenters. The zero-order chi connectivity index (χ0) is 16.2. The van der Waals surface area contributed by atoms with E-state index in [1.54, 1.807) is 4.68 Å². The molecular formula is C17H21N5O. The van der Waals surface area contributed by atoms with E-state index >= 15 is 0 Å². The molecule has 0 saturated heterocycles. The fourth-order valence-electron chi connectivity index (χ4n) is 2.54. The molecule has 0 atom stereocenters. The number of H-pyrrole nitrogens is 1. The Labute approximate surface area is 135 Å². The van der Waals surface area contributed by atoms with Crippen molar-refractivity contribution in [3.63, 3.8) is 0 Å². The lowest BCUT2D eigenvalue weighted by atomic mass is 10.1. The molecule has 0 aliphatic carbocycles. The molecule has 0 fully saturated rings. The number of hydrogen-bond acceptors (Lipinski definition) is 4. The van der Waals surface area contributed by atoms with Gasteiger partial charge in [0.25, 0.3) is 0 Å². The van der Waals surface area contributed by atoms with Crippen molar-refractivity contribution in [2.45, 2.75) is 26.9 Å². The van der Waals surface area contributed by atoms with Crippen molar-refractivity contribution in [3.05, 3.63) is 53.3 Å². The maximum atomic E-state index is 9.15. The Morgan fingerprint density at radius 3 is 2.74 bits per heavy atom. The van der Waals surface area contributed by atoms with Gasteiger partial charge in [-0.25, -0.2) is 4.68 Å². The van der Waals surface area contributed by atoms with Crippen LogP contribution in [0.15, 0.2) is 36.4 Å². The van der Waals surface area contributed by atoms with Crippen LogP contribution in [0.3, 0.4) is 0 Å². The highest BCUT2D eigenvalue weighted by atomic mass is 16.3. The van der Waals surface area contributed by atoms with E-state index in [0.717, 1.165) is 34.0 Å². The van der Waals surface area contributed by atoms with E-state index in [1.807, 2.05) is 50.2 Å². The summed E-state index contributed by atoms with van der Waals surface area (Å²) in [7, 11) is 0. The number of nitrogens with zero attached hydrogens (tertiary/aromatic N) is 3. The van der Waals surface area contributed by atoms with Crippen molar-refractivity contribution in [3.8, 4) is 11.3 Å². The summed E-state index contributed by atoms with van der Waals surface area (Å²) < 4.78 is 1.80. The summed E-state index contributed by atoms with van der Waals surface area (Å²) in [5.74, 6) is 0.937. The van der Waals surface area contributed by atoms with Gasteiger partial charge in [-0.05, 0) is 19.9 Å². The van der Waals surface area contributed by atoms with Crippen LogP contribution in [-0.4, -0.2) is 31.7 Å². The van der Waals surface area contributed by atoms with Crippen molar-refractivity contribution >= 4 is 5.82 Å². The predicted molar refractivity (Wildman–Crippen MR) is 90.1 cm³/mol. The topological polar surface area (TPSA) is 78.8 Å². The molecule has 2 heterocycles. The molecule has 3 aromatic rings. The van der Waals surface area contributed by atoms with Crippen LogP contribution in [0.4, 0.5) is 5.82 Å². The summed E-state index contributed by atoms with van der Waals surface area (Å²) in [6, 6.07) is 12.1. The largest absolute Gasteiger partial charge is 0.394 e. The predicted octanol–water partition coefficient (Wildman–Crippen LogP) is 2.49. The minimum absolute atomic E-state index is 0.0669. The molecule has 6 nitrogen and oxygen atoms in total. The Morgan fingerprint density at radius 2 is 2.00 bits per heavy atom. The number of benzene rings is 1. The monoisotopic (exact) mass is 311 g/mol. The Kier molecular flexibility index (Phi) is 4.43. The number of aromatic nitrogens is 4. The van der Waals surface area contributed by atoms with Crippen LogP contribution in [-0.2, 0) is 13.1 Å². The van der Waals surface area contributed by atoms with Crippen molar-refractivity contribution in [1.29, 1.82) is 0 Å². The normalized spacial score (nSPS) is 10.9. The molecule has 3 N–H and O–H groups in total. The van der Waals surface area contributed by atoms with Gasteiger partial charge < -0.3 is 10.4 Å². The minimum atomic E-state index is 0.0669. The van der Waals surface area contributed by atoms with Crippen LogP contribution in [0.1, 0.15) is 17.0 Å². The summed E-state index contributed by atoms with van der Waals surface area (Å²) in [4.78, 5) is 0. The summed E-state index contributed by atoms with van der Waals surface area (Å²) in [6.45, 7) is 5.17. The molecule has 0 spiro atoms. The van der Waals surface area contributed by atoms with Gasteiger partial charge in [-0.15, -0.1) is 0 Å². The fourth-order valence-corrected chi connectivity index (χ4v) is 2.54. The number of anilines is 1. The lowest BCUT2D eigenvalue weighted by Gasteiger charge is -2.09. The first kappa shape index (κ1) is 15.3. The first-order chi connectivity index (χ1) is 11.2. The van der Waals surface area contributed by atoms with E-state index in [9.17, 15) is 0 Å². The fraction of sp³-hybridized carbons (Fsp3) is 0.294. The second-order valence-corrected chi connectivity index (χ2v) is 5.50. The molecule has 0 aliphatic heterocycles. The average Bonchev–Trinajstić information content (AvgIpc) is 3.13. The highest BCUT2D eigenvalue weighted by Crippen LogP contribution is 2.20. The van der Waals surface area contributed by atoms with Gasteiger partial charge in [0.2, 0.25) is 0 Å². The van der Waals surface area contributed by atoms with E-state index in [-0.39, 0.29) is 6.61 Å². The molecule has 2 aromatic heterocycles. The van der Waals surface area contributed by atoms with Crippen molar-refractivity contribution < 1.29 is 5.11 Å². The maximum Gasteiger partial charge on any atom is 0.127 e. The standard InChI is InChI=1S/C17H21N5O/c1-12-13(2)21-22(8-9-23)17(12)18-11-15-10-16(20-19-15)14-6-4-3-5-7-14/h3-7,10,18,23H,8-9,11H2,1-2H3,(H,19,20). The number of rotatable bonds is 6. The van der Waals surface area contributed by atoms with Crippen LogP contribution in [0.5, 0.6) is 0 Å². The van der Waals surface area contributed by atoms with Gasteiger partial charge in [-0.1, -0.05) is 30.3 Å². The molecule has 6 heteroatoms. The Balaban J connectivity index is 1.73. The molecule has 120 valence electrons. The SMILES string of the molecule is Cc1nn(CCO)c(NCc2cc(-c3ccccc3)n[nH]2)c1C. The summed E-state index contributed by atoms with van der Waals surface area (Å²) in [5.41, 5.74) is 5.08. The molecule has 0 amide bonds. The zero-order valence-corrected chi connectivity index (χ0v) is 13.4. The van der Waals surface area contributed by atoms with E-state index in [1.165, 1.54) is 0 Å². The number of hydrogen-bond donors (Lipinski definition) is 3. The highest BCUT2D eigenvalue weighted by Gasteiger charge is 2.11. The van der Waals surface area contributed by atoms with Crippen molar-refractivity contribution in [2.24, 2.45) is 0 Å². The van der Waals surface area contributed by atoms with Crippen LogP contribution >= 0.6 is 0 Å². The Hall–Kier alpha value is -2.60. The van der Waals surface area contributed by atoms with Gasteiger partial charge in [0, 0.05) is 11.1 Å². The summed E-state index contributed by atoms with van der Waals surface area (Å²) >= 11 is 0. The third kappa shape index (κ3) is 3.27. The second kappa shape index (κ2) is 6.66. The lowest BCUT2D eigenvalue weighted by molar-refractivity contribution is 0.270.